The molecule has 2 fully saturated rings. The number of aromatic nitrogens is 2. The first-order chi connectivity index (χ1) is 16.0. The molecule has 4 nitrogen and oxygen atoms in total. The molecule has 1 aromatic carbocycles. The van der Waals surface area contributed by atoms with Crippen molar-refractivity contribution >= 4 is 40.5 Å². The van der Waals surface area contributed by atoms with Gasteiger partial charge < -0.3 is 14.8 Å². The molecule has 5 rings (SSSR count). The van der Waals surface area contributed by atoms with E-state index < -0.39 is 0 Å². The largest absolute Gasteiger partial charge is 0.352 e. The number of benzene rings is 1. The van der Waals surface area contributed by atoms with E-state index in [1.165, 1.54) is 37.7 Å². The molecule has 1 saturated carbocycles. The quantitative estimate of drug-likeness (QED) is 0.388. The Labute approximate surface area is 210 Å². The number of pyridine rings is 1. The van der Waals surface area contributed by atoms with Crippen molar-refractivity contribution in [3.8, 4) is 5.69 Å². The van der Waals surface area contributed by atoms with Crippen LogP contribution >= 0.6 is 35.4 Å². The Kier molecular flexibility index (Phi) is 6.39. The van der Waals surface area contributed by atoms with Crippen molar-refractivity contribution in [3.63, 3.8) is 0 Å². The van der Waals surface area contributed by atoms with E-state index >= 15 is 0 Å². The summed E-state index contributed by atoms with van der Waals surface area (Å²) in [5.41, 5.74) is 5.42. The van der Waals surface area contributed by atoms with Gasteiger partial charge in [-0.3, -0.25) is 4.98 Å². The molecule has 1 aliphatic carbocycles. The Morgan fingerprint density at radius 1 is 1.03 bits per heavy atom. The van der Waals surface area contributed by atoms with Crippen LogP contribution in [0.2, 0.25) is 10.0 Å². The van der Waals surface area contributed by atoms with E-state index in [1.807, 2.05) is 36.5 Å². The monoisotopic (exact) mass is 498 g/mol. The van der Waals surface area contributed by atoms with Gasteiger partial charge >= 0.3 is 0 Å². The van der Waals surface area contributed by atoms with Gasteiger partial charge in [-0.25, -0.2) is 0 Å². The molecule has 1 saturated heterocycles. The summed E-state index contributed by atoms with van der Waals surface area (Å²) in [5, 5.41) is 5.57. The van der Waals surface area contributed by atoms with Crippen LogP contribution in [-0.4, -0.2) is 25.6 Å². The van der Waals surface area contributed by atoms with Gasteiger partial charge in [0.25, 0.3) is 0 Å². The molecular formula is C26H28Cl2N4S. The van der Waals surface area contributed by atoms with Crippen LogP contribution in [0.25, 0.3) is 5.69 Å². The van der Waals surface area contributed by atoms with E-state index in [1.54, 1.807) is 0 Å². The normalized spacial score (nSPS) is 21.5. The van der Waals surface area contributed by atoms with Crippen LogP contribution in [0.15, 0.2) is 48.7 Å². The maximum atomic E-state index is 6.63. The molecule has 0 radical (unpaired) electrons. The van der Waals surface area contributed by atoms with Crippen molar-refractivity contribution in [3.05, 3.63) is 81.4 Å². The average Bonchev–Trinajstić information content (AvgIpc) is 3.32. The highest BCUT2D eigenvalue weighted by molar-refractivity contribution is 7.80. The summed E-state index contributed by atoms with van der Waals surface area (Å²) in [4.78, 5) is 7.16. The maximum Gasteiger partial charge on any atom is 0.170 e. The lowest BCUT2D eigenvalue weighted by molar-refractivity contribution is 0.197. The van der Waals surface area contributed by atoms with Crippen molar-refractivity contribution in [1.29, 1.82) is 0 Å². The predicted molar refractivity (Wildman–Crippen MR) is 139 cm³/mol. The number of rotatable bonds is 4. The molecule has 7 heteroatoms. The minimum absolute atomic E-state index is 0.00981. The molecule has 0 bridgehead atoms. The number of halogens is 2. The SMILES string of the molecule is Cc1cc([C@@H]2[C@@H](c3ccccn3)NC(=S)N2C2CCCCC2)c(C)n1-c1cccc(Cl)c1Cl. The van der Waals surface area contributed by atoms with E-state index in [2.05, 4.69) is 40.8 Å². The lowest BCUT2D eigenvalue weighted by Crippen LogP contribution is -2.40. The molecule has 2 aromatic heterocycles. The van der Waals surface area contributed by atoms with E-state index in [-0.39, 0.29) is 12.1 Å². The molecule has 2 aliphatic rings. The second-order valence-electron chi connectivity index (χ2n) is 9.06. The summed E-state index contributed by atoms with van der Waals surface area (Å²) in [7, 11) is 0. The Bertz CT molecular complexity index is 1170. The highest BCUT2D eigenvalue weighted by atomic mass is 35.5. The Balaban J connectivity index is 1.65. The van der Waals surface area contributed by atoms with Gasteiger partial charge in [0.1, 0.15) is 0 Å². The zero-order valence-electron chi connectivity index (χ0n) is 18.9. The van der Waals surface area contributed by atoms with E-state index in [0.717, 1.165) is 27.9 Å². The molecule has 0 unspecified atom stereocenters. The van der Waals surface area contributed by atoms with Gasteiger partial charge in [-0.05, 0) is 74.8 Å². The van der Waals surface area contributed by atoms with Crippen LogP contribution in [0, 0.1) is 13.8 Å². The molecule has 33 heavy (non-hydrogen) atoms. The zero-order valence-corrected chi connectivity index (χ0v) is 21.2. The van der Waals surface area contributed by atoms with Crippen LogP contribution in [0.3, 0.4) is 0 Å². The molecule has 3 heterocycles. The molecule has 2 atom stereocenters. The van der Waals surface area contributed by atoms with Crippen LogP contribution in [0.5, 0.6) is 0 Å². The molecule has 1 aliphatic heterocycles. The van der Waals surface area contributed by atoms with Gasteiger partial charge in [-0.2, -0.15) is 0 Å². The average molecular weight is 500 g/mol. The zero-order chi connectivity index (χ0) is 23.1. The summed E-state index contributed by atoms with van der Waals surface area (Å²) in [6.45, 7) is 4.28. The fraction of sp³-hybridized carbons (Fsp3) is 0.385. The minimum atomic E-state index is -0.00981. The standard InChI is InChI=1S/C26H28Cl2N4S/c1-16-15-19(17(2)31(16)22-13-8-11-20(27)23(22)28)25-24(21-12-6-7-14-29-21)30-26(33)32(25)18-9-4-3-5-10-18/h6-8,11-15,18,24-25H,3-5,9-10H2,1-2H3,(H,30,33)/t24-,25-/m1/s1. The lowest BCUT2D eigenvalue weighted by Gasteiger charge is -2.37. The van der Waals surface area contributed by atoms with E-state index in [9.17, 15) is 0 Å². The molecule has 172 valence electrons. The summed E-state index contributed by atoms with van der Waals surface area (Å²) in [6.07, 6.45) is 8.01. The number of nitrogens with zero attached hydrogens (tertiary/aromatic N) is 3. The van der Waals surface area contributed by atoms with Gasteiger partial charge in [-0.1, -0.05) is 54.6 Å². The third-order valence-corrected chi connectivity index (χ3v) is 8.20. The smallest absolute Gasteiger partial charge is 0.170 e. The topological polar surface area (TPSA) is 33.1 Å². The first-order valence-corrected chi connectivity index (χ1v) is 12.8. The van der Waals surface area contributed by atoms with E-state index in [0.29, 0.717) is 16.1 Å². The second-order valence-corrected chi connectivity index (χ2v) is 10.2. The summed E-state index contributed by atoms with van der Waals surface area (Å²) < 4.78 is 2.21. The van der Waals surface area contributed by atoms with Crippen LogP contribution in [0.1, 0.15) is 66.8 Å². The van der Waals surface area contributed by atoms with Crippen molar-refractivity contribution in [2.45, 2.75) is 64.1 Å². The first kappa shape index (κ1) is 22.7. The van der Waals surface area contributed by atoms with Crippen LogP contribution < -0.4 is 5.32 Å². The second kappa shape index (κ2) is 9.28. The predicted octanol–water partition coefficient (Wildman–Crippen LogP) is 7.10. The van der Waals surface area contributed by atoms with Gasteiger partial charge in [-0.15, -0.1) is 0 Å². The first-order valence-electron chi connectivity index (χ1n) is 11.6. The number of nitrogens with one attached hydrogen (secondary N) is 1. The molecular weight excluding hydrogens is 471 g/mol. The molecule has 0 spiro atoms. The Hall–Kier alpha value is -2.08. The number of hydrogen-bond donors (Lipinski definition) is 1. The van der Waals surface area contributed by atoms with Crippen LogP contribution in [0.4, 0.5) is 0 Å². The fourth-order valence-electron chi connectivity index (χ4n) is 5.57. The number of hydrogen-bond acceptors (Lipinski definition) is 2. The summed E-state index contributed by atoms with van der Waals surface area (Å²) in [6, 6.07) is 14.6. The minimum Gasteiger partial charge on any atom is -0.352 e. The highest BCUT2D eigenvalue weighted by Gasteiger charge is 2.44. The van der Waals surface area contributed by atoms with Crippen molar-refractivity contribution in [1.82, 2.24) is 19.8 Å². The number of aryl methyl sites for hydroxylation is 1. The molecule has 1 N–H and O–H groups in total. The van der Waals surface area contributed by atoms with Gasteiger partial charge in [0, 0.05) is 23.6 Å². The van der Waals surface area contributed by atoms with Crippen LogP contribution in [-0.2, 0) is 0 Å². The third kappa shape index (κ3) is 4.05. The Morgan fingerprint density at radius 2 is 1.82 bits per heavy atom. The summed E-state index contributed by atoms with van der Waals surface area (Å²) >= 11 is 18.9. The van der Waals surface area contributed by atoms with E-state index in [4.69, 9.17) is 40.4 Å². The maximum absolute atomic E-state index is 6.63. The van der Waals surface area contributed by atoms with Crippen molar-refractivity contribution < 1.29 is 0 Å². The third-order valence-electron chi connectivity index (χ3n) is 7.06. The van der Waals surface area contributed by atoms with Gasteiger partial charge in [0.05, 0.1) is 33.5 Å². The molecule has 0 amide bonds. The van der Waals surface area contributed by atoms with Gasteiger partial charge in [0.15, 0.2) is 5.11 Å². The Morgan fingerprint density at radius 3 is 2.55 bits per heavy atom. The number of thiocarbonyl (C=S) groups is 1. The molecule has 3 aromatic rings. The van der Waals surface area contributed by atoms with Crippen molar-refractivity contribution in [2.75, 3.05) is 0 Å². The fourth-order valence-corrected chi connectivity index (χ4v) is 6.34. The lowest BCUT2D eigenvalue weighted by atomic mass is 9.90. The highest BCUT2D eigenvalue weighted by Crippen LogP contribution is 2.45. The summed E-state index contributed by atoms with van der Waals surface area (Å²) in [5.74, 6) is 0. The van der Waals surface area contributed by atoms with Crippen molar-refractivity contribution in [2.24, 2.45) is 0 Å². The van der Waals surface area contributed by atoms with Gasteiger partial charge in [0.2, 0.25) is 0 Å².